The number of aliphatic carboxylic acids is 1. The number of carboxylic acid groups (broad SMARTS) is 1. The number of hydrogen-bond acceptors (Lipinski definition) is 6. The highest BCUT2D eigenvalue weighted by molar-refractivity contribution is 5.72. The van der Waals surface area contributed by atoms with Crippen LogP contribution in [0.3, 0.4) is 0 Å². The third-order valence-electron chi connectivity index (χ3n) is 10.5. The Hall–Kier alpha value is -3.75. The Balaban J connectivity index is 4.36. The molecule has 2 atom stereocenters. The minimum absolute atomic E-state index is 0.0319. The van der Waals surface area contributed by atoms with Crippen LogP contribution in [0.15, 0.2) is 97.2 Å². The summed E-state index contributed by atoms with van der Waals surface area (Å²) in [7, 11) is 5.50. The van der Waals surface area contributed by atoms with Crippen molar-refractivity contribution in [2.24, 2.45) is 0 Å². The van der Waals surface area contributed by atoms with E-state index < -0.39 is 18.1 Å². The molecular weight excluding hydrogens is 787 g/mol. The van der Waals surface area contributed by atoms with Gasteiger partial charge in [-0.3, -0.25) is 9.59 Å². The second-order valence-corrected chi connectivity index (χ2v) is 17.3. The quantitative estimate of drug-likeness (QED) is 0.0282. The maximum Gasteiger partial charge on any atom is 0.362 e. The summed E-state index contributed by atoms with van der Waals surface area (Å²) < 4.78 is 17.3. The smallest absolute Gasteiger partial charge is 0.362 e. The third kappa shape index (κ3) is 43.3. The average Bonchev–Trinajstić information content (AvgIpc) is 3.24. The number of carboxylic acids is 1. The Morgan fingerprint density at radius 3 is 1.37 bits per heavy atom. The van der Waals surface area contributed by atoms with E-state index in [-0.39, 0.29) is 42.7 Å². The molecule has 0 saturated carbocycles. The van der Waals surface area contributed by atoms with Crippen molar-refractivity contribution in [1.29, 1.82) is 0 Å². The van der Waals surface area contributed by atoms with E-state index in [1.807, 2.05) is 21.1 Å². The van der Waals surface area contributed by atoms with Gasteiger partial charge in [0.2, 0.25) is 0 Å². The number of esters is 2. The monoisotopic (exact) mass is 879 g/mol. The second-order valence-electron chi connectivity index (χ2n) is 17.3. The van der Waals surface area contributed by atoms with Crippen LogP contribution in [0.1, 0.15) is 181 Å². The van der Waals surface area contributed by atoms with E-state index in [1.165, 1.54) is 64.2 Å². The predicted octanol–water partition coefficient (Wildman–Crippen LogP) is 14.2. The number of unbranched alkanes of at least 4 members (excludes halogenated alkanes) is 13. The van der Waals surface area contributed by atoms with Gasteiger partial charge in [0.05, 0.1) is 34.4 Å². The van der Waals surface area contributed by atoms with Crippen molar-refractivity contribution in [2.75, 3.05) is 41.0 Å². The lowest BCUT2D eigenvalue weighted by Gasteiger charge is -2.31. The Morgan fingerprint density at radius 1 is 0.492 bits per heavy atom. The van der Waals surface area contributed by atoms with Gasteiger partial charge in [0.1, 0.15) is 6.61 Å². The van der Waals surface area contributed by atoms with Gasteiger partial charge in [-0.2, -0.15) is 0 Å². The molecule has 0 radical (unpaired) electrons. The number of carbonyl (C=O) groups is 3. The zero-order valence-corrected chi connectivity index (χ0v) is 40.7. The van der Waals surface area contributed by atoms with E-state index in [0.717, 1.165) is 77.0 Å². The lowest BCUT2D eigenvalue weighted by Crippen LogP contribution is -2.50. The summed E-state index contributed by atoms with van der Waals surface area (Å²) >= 11 is 0. The van der Waals surface area contributed by atoms with Crippen molar-refractivity contribution in [2.45, 2.75) is 193 Å². The summed E-state index contributed by atoms with van der Waals surface area (Å²) in [6.45, 7) is 4.52. The van der Waals surface area contributed by atoms with Crippen LogP contribution in [-0.2, 0) is 28.6 Å². The molecule has 0 saturated heterocycles. The van der Waals surface area contributed by atoms with E-state index >= 15 is 0 Å². The lowest BCUT2D eigenvalue weighted by molar-refractivity contribution is -0.887. The molecule has 0 fully saturated rings. The van der Waals surface area contributed by atoms with Crippen LogP contribution in [0.4, 0.5) is 0 Å². The Bertz CT molecular complexity index is 1350. The Morgan fingerprint density at radius 2 is 0.905 bits per heavy atom. The fourth-order valence-corrected chi connectivity index (χ4v) is 6.66. The van der Waals surface area contributed by atoms with Crippen molar-refractivity contribution in [3.63, 3.8) is 0 Å². The topological polar surface area (TPSA) is 99.1 Å². The first-order chi connectivity index (χ1) is 30.6. The van der Waals surface area contributed by atoms with Gasteiger partial charge in [-0.25, -0.2) is 4.79 Å². The maximum absolute atomic E-state index is 12.7. The number of quaternary nitrogens is 1. The first-order valence-corrected chi connectivity index (χ1v) is 24.8. The third-order valence-corrected chi connectivity index (χ3v) is 10.5. The number of rotatable bonds is 43. The van der Waals surface area contributed by atoms with Gasteiger partial charge in [0.25, 0.3) is 0 Å². The summed E-state index contributed by atoms with van der Waals surface area (Å²) in [4.78, 5) is 37.1. The van der Waals surface area contributed by atoms with E-state index in [0.29, 0.717) is 19.3 Å². The molecule has 0 rings (SSSR count). The normalized spacial score (nSPS) is 13.7. The predicted molar refractivity (Wildman–Crippen MR) is 266 cm³/mol. The summed E-state index contributed by atoms with van der Waals surface area (Å²) in [6.07, 6.45) is 60.3. The summed E-state index contributed by atoms with van der Waals surface area (Å²) in [6, 6.07) is -0.631. The van der Waals surface area contributed by atoms with Crippen molar-refractivity contribution in [1.82, 2.24) is 0 Å². The van der Waals surface area contributed by atoms with Gasteiger partial charge in [0.15, 0.2) is 12.1 Å². The number of nitrogens with zero attached hydrogens (tertiary/aromatic N) is 1. The van der Waals surface area contributed by atoms with Gasteiger partial charge < -0.3 is 23.8 Å². The van der Waals surface area contributed by atoms with Crippen LogP contribution in [0, 0.1) is 0 Å². The minimum Gasteiger partial charge on any atom is -0.477 e. The molecule has 8 nitrogen and oxygen atoms in total. The molecule has 1 N–H and O–H groups in total. The molecule has 63 heavy (non-hydrogen) atoms. The molecule has 0 heterocycles. The molecular formula is C55H92NO7+. The average molecular weight is 879 g/mol. The van der Waals surface area contributed by atoms with Crippen LogP contribution >= 0.6 is 0 Å². The van der Waals surface area contributed by atoms with Crippen LogP contribution in [0.25, 0.3) is 0 Å². The molecule has 0 aromatic carbocycles. The van der Waals surface area contributed by atoms with Gasteiger partial charge >= 0.3 is 17.9 Å². The molecule has 0 spiro atoms. The van der Waals surface area contributed by atoms with Gasteiger partial charge in [0, 0.05) is 19.3 Å². The molecule has 0 bridgehead atoms. The summed E-state index contributed by atoms with van der Waals surface area (Å²) in [5, 5.41) is 9.64. The van der Waals surface area contributed by atoms with Crippen molar-refractivity contribution >= 4 is 17.9 Å². The van der Waals surface area contributed by atoms with Crippen molar-refractivity contribution in [3.8, 4) is 0 Å². The van der Waals surface area contributed by atoms with E-state index in [2.05, 4.69) is 111 Å². The zero-order valence-electron chi connectivity index (χ0n) is 40.7. The molecule has 2 unspecified atom stereocenters. The van der Waals surface area contributed by atoms with Crippen LogP contribution in [-0.4, -0.2) is 80.6 Å². The van der Waals surface area contributed by atoms with E-state index in [9.17, 15) is 19.5 Å². The van der Waals surface area contributed by atoms with Crippen molar-refractivity contribution < 1.29 is 38.2 Å². The van der Waals surface area contributed by atoms with E-state index in [1.54, 1.807) is 0 Å². The first-order valence-electron chi connectivity index (χ1n) is 24.8. The number of likely N-dealkylation sites (N-methyl/N-ethyl adjacent to an activating group) is 1. The first kappa shape index (κ1) is 59.2. The number of ether oxygens (including phenoxy) is 3. The zero-order chi connectivity index (χ0) is 46.3. The largest absolute Gasteiger partial charge is 0.477 e. The van der Waals surface area contributed by atoms with Gasteiger partial charge in [-0.05, 0) is 89.9 Å². The SMILES string of the molecule is CC/C=C/C/C=C/C/C=C/C/C=C/CCCCCCCCCCCC(=O)OCC(COCCC(C(=O)O)[N+](C)(C)C)OC(=O)CCC/C=C/C/C=C/C/C=C/C/C=C/CCCCC. The lowest BCUT2D eigenvalue weighted by atomic mass is 10.1. The molecule has 0 aromatic rings. The fourth-order valence-electron chi connectivity index (χ4n) is 6.66. The van der Waals surface area contributed by atoms with Gasteiger partial charge in [-0.15, -0.1) is 0 Å². The number of hydrogen-bond donors (Lipinski definition) is 1. The highest BCUT2D eigenvalue weighted by Crippen LogP contribution is 2.13. The fraction of sp³-hybridized carbons (Fsp3) is 0.655. The molecule has 358 valence electrons. The Labute approximate surface area is 386 Å². The van der Waals surface area contributed by atoms with Crippen LogP contribution in [0.2, 0.25) is 0 Å². The van der Waals surface area contributed by atoms with Gasteiger partial charge in [-0.1, -0.05) is 169 Å². The molecule has 8 heteroatoms. The second kappa shape index (κ2) is 44.8. The maximum atomic E-state index is 12.7. The standard InChI is InChI=1S/C55H91NO7/c1-6-8-10-12-14-16-18-20-22-24-25-26-27-28-30-31-33-35-37-39-41-43-45-53(57)62-50-51(49-61-48-47-52(55(59)60)56(3,4)5)63-54(58)46-44-42-40-38-36-34-32-29-23-21-19-17-15-13-11-9-7-2/h8,10,14-17,20-23,25-26,32,34,38,40,51-52H,6-7,9,11-13,18-19,24,27-31,33,35-37,39,41-50H2,1-5H3/p+1/b10-8+,16-14+,17-15+,22-20+,23-21+,26-25+,34-32+,40-38+. The molecule has 0 aliphatic carbocycles. The van der Waals surface area contributed by atoms with Crippen molar-refractivity contribution in [3.05, 3.63) is 97.2 Å². The minimum atomic E-state index is -0.888. The highest BCUT2D eigenvalue weighted by atomic mass is 16.6. The highest BCUT2D eigenvalue weighted by Gasteiger charge is 2.31. The summed E-state index contributed by atoms with van der Waals surface area (Å²) in [5.74, 6) is -1.56. The summed E-state index contributed by atoms with van der Waals surface area (Å²) in [5.41, 5.74) is 0. The van der Waals surface area contributed by atoms with Crippen LogP contribution < -0.4 is 0 Å². The molecule has 0 amide bonds. The molecule has 0 aliphatic rings. The molecule has 0 aliphatic heterocycles. The van der Waals surface area contributed by atoms with E-state index in [4.69, 9.17) is 14.2 Å². The number of carbonyl (C=O) groups excluding carboxylic acids is 2. The molecule has 0 aromatic heterocycles. The number of allylic oxidation sites excluding steroid dienone is 16. The van der Waals surface area contributed by atoms with Crippen LogP contribution in [0.5, 0.6) is 0 Å². The Kier molecular flexibility index (Phi) is 42.2.